The van der Waals surface area contributed by atoms with Crippen LogP contribution >= 0.6 is 11.6 Å². The molecule has 0 atom stereocenters. The molecule has 1 saturated heterocycles. The standard InChI is InChI=1S/C28H33ClFN7O3S/c1-17-16-31-27(34-19-4-6-21(23(30)14-19)26(38)33-18-8-12-37(3)13-9-18)35-25(17)32-20-5-7-22(29)24(15-20)36-41(39,40)28(2)10-11-28/h4-7,14-16,18,36H,8-13H2,1-3H3,(H,33,38)(H2,31,32,34,35). The van der Waals surface area contributed by atoms with Crippen LogP contribution in [0.5, 0.6) is 0 Å². The van der Waals surface area contributed by atoms with Gasteiger partial charge in [0, 0.05) is 29.2 Å². The van der Waals surface area contributed by atoms with Crippen molar-refractivity contribution in [2.45, 2.75) is 50.3 Å². The third-order valence-corrected chi connectivity index (χ3v) is 10.1. The molecule has 0 spiro atoms. The number of hydrogen-bond acceptors (Lipinski definition) is 8. The van der Waals surface area contributed by atoms with E-state index in [-0.39, 0.29) is 28.3 Å². The first-order chi connectivity index (χ1) is 19.4. The van der Waals surface area contributed by atoms with Gasteiger partial charge < -0.3 is 20.9 Å². The lowest BCUT2D eigenvalue weighted by Gasteiger charge is -2.29. The molecule has 0 bridgehead atoms. The van der Waals surface area contributed by atoms with Gasteiger partial charge in [-0.25, -0.2) is 17.8 Å². The minimum absolute atomic E-state index is 0.0218. The van der Waals surface area contributed by atoms with Crippen molar-refractivity contribution in [1.29, 1.82) is 0 Å². The lowest BCUT2D eigenvalue weighted by molar-refractivity contribution is 0.0913. The van der Waals surface area contributed by atoms with Crippen molar-refractivity contribution >= 4 is 56.4 Å². The Morgan fingerprint density at radius 1 is 1.10 bits per heavy atom. The van der Waals surface area contributed by atoms with Crippen LogP contribution in [0, 0.1) is 12.7 Å². The van der Waals surface area contributed by atoms with E-state index in [4.69, 9.17) is 11.6 Å². The van der Waals surface area contributed by atoms with Gasteiger partial charge in [-0.15, -0.1) is 0 Å². The summed E-state index contributed by atoms with van der Waals surface area (Å²) in [5.41, 5.74) is 1.92. The van der Waals surface area contributed by atoms with Gasteiger partial charge >= 0.3 is 0 Å². The summed E-state index contributed by atoms with van der Waals surface area (Å²) in [4.78, 5) is 23.6. The minimum atomic E-state index is -3.58. The number of benzene rings is 2. The van der Waals surface area contributed by atoms with Crippen LogP contribution in [0.3, 0.4) is 0 Å². The van der Waals surface area contributed by atoms with Gasteiger partial charge in [-0.3, -0.25) is 9.52 Å². The molecule has 3 aromatic rings. The van der Waals surface area contributed by atoms with Crippen LogP contribution in [0.15, 0.2) is 42.6 Å². The maximum Gasteiger partial charge on any atom is 0.254 e. The molecule has 218 valence electrons. The molecule has 13 heteroatoms. The molecule has 1 aromatic heterocycles. The Morgan fingerprint density at radius 2 is 1.78 bits per heavy atom. The fraction of sp³-hybridized carbons (Fsp3) is 0.393. The number of nitrogens with zero attached hydrogens (tertiary/aromatic N) is 3. The average Bonchev–Trinajstić information content (AvgIpc) is 3.68. The summed E-state index contributed by atoms with van der Waals surface area (Å²) in [6.07, 6.45) is 4.47. The molecule has 1 amide bonds. The van der Waals surface area contributed by atoms with Gasteiger partial charge in [0.05, 0.1) is 21.0 Å². The quantitative estimate of drug-likeness (QED) is 0.264. The maximum atomic E-state index is 14.9. The van der Waals surface area contributed by atoms with Gasteiger partial charge in [0.1, 0.15) is 11.6 Å². The van der Waals surface area contributed by atoms with E-state index in [0.717, 1.165) is 31.5 Å². The number of likely N-dealkylation sites (tertiary alicyclic amines) is 1. The third kappa shape index (κ3) is 6.71. The summed E-state index contributed by atoms with van der Waals surface area (Å²) < 4.78 is 42.1. The largest absolute Gasteiger partial charge is 0.349 e. The van der Waals surface area contributed by atoms with Crippen LogP contribution in [-0.4, -0.2) is 60.1 Å². The SMILES string of the molecule is Cc1cnc(Nc2ccc(C(=O)NC3CCN(C)CC3)c(F)c2)nc1Nc1ccc(Cl)c(NS(=O)(=O)C2(C)CC2)c1. The molecule has 4 N–H and O–H groups in total. The van der Waals surface area contributed by atoms with Crippen molar-refractivity contribution in [3.8, 4) is 0 Å². The summed E-state index contributed by atoms with van der Waals surface area (Å²) in [6, 6.07) is 9.21. The predicted octanol–water partition coefficient (Wildman–Crippen LogP) is 5.18. The molecule has 2 aromatic carbocycles. The Hall–Kier alpha value is -3.48. The Morgan fingerprint density at radius 3 is 2.46 bits per heavy atom. The Balaban J connectivity index is 1.27. The smallest absolute Gasteiger partial charge is 0.254 e. The molecule has 2 fully saturated rings. The van der Waals surface area contributed by atoms with Crippen LogP contribution in [0.2, 0.25) is 5.02 Å². The van der Waals surface area contributed by atoms with Crippen LogP contribution in [0.1, 0.15) is 48.5 Å². The van der Waals surface area contributed by atoms with Crippen LogP contribution < -0.4 is 20.7 Å². The van der Waals surface area contributed by atoms with Crippen molar-refractivity contribution in [2.24, 2.45) is 0 Å². The highest BCUT2D eigenvalue weighted by Crippen LogP contribution is 2.44. The average molecular weight is 602 g/mol. The summed E-state index contributed by atoms with van der Waals surface area (Å²) in [7, 11) is -1.54. The monoisotopic (exact) mass is 601 g/mol. The van der Waals surface area contributed by atoms with E-state index in [0.29, 0.717) is 30.0 Å². The molecule has 0 radical (unpaired) electrons. The molecular weight excluding hydrogens is 569 g/mol. The van der Waals surface area contributed by atoms with Crippen molar-refractivity contribution < 1.29 is 17.6 Å². The lowest BCUT2D eigenvalue weighted by atomic mass is 10.0. The summed E-state index contributed by atoms with van der Waals surface area (Å²) in [5, 5.41) is 9.34. The van der Waals surface area contributed by atoms with Crippen LogP contribution in [0.25, 0.3) is 0 Å². The fourth-order valence-electron chi connectivity index (χ4n) is 4.48. The zero-order valence-electron chi connectivity index (χ0n) is 23.1. The van der Waals surface area contributed by atoms with E-state index >= 15 is 0 Å². The van der Waals surface area contributed by atoms with Crippen molar-refractivity contribution in [3.05, 3.63) is 64.6 Å². The summed E-state index contributed by atoms with van der Waals surface area (Å²) in [5.74, 6) is -0.417. The molecule has 1 saturated carbocycles. The van der Waals surface area contributed by atoms with Gasteiger partial charge in [0.15, 0.2) is 0 Å². The minimum Gasteiger partial charge on any atom is -0.349 e. The van der Waals surface area contributed by atoms with Crippen LogP contribution in [0.4, 0.5) is 33.2 Å². The van der Waals surface area contributed by atoms with E-state index in [1.807, 2.05) is 14.0 Å². The zero-order chi connectivity index (χ0) is 29.4. The molecule has 5 rings (SSSR count). The number of piperidine rings is 1. The van der Waals surface area contributed by atoms with Gasteiger partial charge in [-0.1, -0.05) is 11.6 Å². The molecule has 2 aliphatic rings. The molecule has 10 nitrogen and oxygen atoms in total. The first kappa shape index (κ1) is 29.0. The highest BCUT2D eigenvalue weighted by Gasteiger charge is 2.50. The number of amides is 1. The predicted molar refractivity (Wildman–Crippen MR) is 159 cm³/mol. The summed E-state index contributed by atoms with van der Waals surface area (Å²) >= 11 is 6.27. The zero-order valence-corrected chi connectivity index (χ0v) is 24.7. The Kier molecular flexibility index (Phi) is 8.09. The number of carbonyl (C=O) groups excluding carboxylic acids is 1. The fourth-order valence-corrected chi connectivity index (χ4v) is 6.05. The number of anilines is 5. The first-order valence-electron chi connectivity index (χ1n) is 13.4. The number of sulfonamides is 1. The maximum absolute atomic E-state index is 14.9. The van der Waals surface area contributed by atoms with Crippen molar-refractivity contribution in [2.75, 3.05) is 35.5 Å². The number of nitrogens with one attached hydrogen (secondary N) is 4. The molecule has 0 unspecified atom stereocenters. The lowest BCUT2D eigenvalue weighted by Crippen LogP contribution is -2.43. The number of aromatic nitrogens is 2. The number of aryl methyl sites for hydroxylation is 1. The number of halogens is 2. The van der Waals surface area contributed by atoms with Gasteiger partial charge in [0.25, 0.3) is 5.91 Å². The Labute approximate surface area is 244 Å². The highest BCUT2D eigenvalue weighted by molar-refractivity contribution is 7.94. The van der Waals surface area contributed by atoms with Gasteiger partial charge in [0.2, 0.25) is 16.0 Å². The van der Waals surface area contributed by atoms with Gasteiger partial charge in [-0.2, -0.15) is 4.98 Å². The Bertz CT molecular complexity index is 1570. The van der Waals surface area contributed by atoms with E-state index in [1.165, 1.54) is 12.1 Å². The molecule has 1 aliphatic carbocycles. The highest BCUT2D eigenvalue weighted by atomic mass is 35.5. The second-order valence-corrected chi connectivity index (χ2v) is 13.6. The van der Waals surface area contributed by atoms with E-state index in [1.54, 1.807) is 37.4 Å². The molecule has 2 heterocycles. The second kappa shape index (κ2) is 11.4. The van der Waals surface area contributed by atoms with Crippen LogP contribution in [-0.2, 0) is 10.0 Å². The van der Waals surface area contributed by atoms with E-state index < -0.39 is 26.5 Å². The molecule has 1 aliphatic heterocycles. The third-order valence-electron chi connectivity index (χ3n) is 7.57. The van der Waals surface area contributed by atoms with E-state index in [9.17, 15) is 17.6 Å². The van der Waals surface area contributed by atoms with E-state index in [2.05, 4.69) is 35.5 Å². The molecule has 41 heavy (non-hydrogen) atoms. The van der Waals surface area contributed by atoms with Crippen molar-refractivity contribution in [3.63, 3.8) is 0 Å². The molecular formula is C28H33ClFN7O3S. The first-order valence-corrected chi connectivity index (χ1v) is 15.3. The number of rotatable bonds is 9. The number of carbonyl (C=O) groups is 1. The van der Waals surface area contributed by atoms with Crippen molar-refractivity contribution in [1.82, 2.24) is 20.2 Å². The van der Waals surface area contributed by atoms with Gasteiger partial charge in [-0.05, 0) is 96.1 Å². The second-order valence-electron chi connectivity index (χ2n) is 11.0. The topological polar surface area (TPSA) is 128 Å². The normalized spacial score (nSPS) is 17.1. The summed E-state index contributed by atoms with van der Waals surface area (Å²) in [6.45, 7) is 5.30. The number of hydrogen-bond donors (Lipinski definition) is 4.